The van der Waals surface area contributed by atoms with Gasteiger partial charge in [-0.15, -0.1) is 0 Å². The quantitative estimate of drug-likeness (QED) is 0.654. The summed E-state index contributed by atoms with van der Waals surface area (Å²) < 4.78 is 43.6. The molecule has 0 unspecified atom stereocenters. The van der Waals surface area contributed by atoms with Crippen LogP contribution in [0.1, 0.15) is 21.6 Å². The van der Waals surface area contributed by atoms with Gasteiger partial charge in [-0.3, -0.25) is 0 Å². The molecule has 3 aromatic rings. The number of hydrogen-bond donors (Lipinski definition) is 2. The highest BCUT2D eigenvalue weighted by molar-refractivity contribution is 5.93. The summed E-state index contributed by atoms with van der Waals surface area (Å²) in [4.78, 5) is 23.1. The molecule has 0 aliphatic heterocycles. The van der Waals surface area contributed by atoms with Crippen molar-refractivity contribution < 1.29 is 27.8 Å². The normalized spacial score (nSPS) is 11.2. The summed E-state index contributed by atoms with van der Waals surface area (Å²) in [5, 5.41) is 12.1. The summed E-state index contributed by atoms with van der Waals surface area (Å²) >= 11 is 0. The van der Waals surface area contributed by atoms with Crippen LogP contribution < -0.4 is 10.1 Å². The SMILES string of the molecule is COc1c(C)cc(-c2cc(Nc3cccc(C(F)(F)F)n3)ncn2)cc1C(=O)O. The number of nitrogens with one attached hydrogen (secondary N) is 1. The van der Waals surface area contributed by atoms with Crippen molar-refractivity contribution >= 4 is 17.6 Å². The van der Waals surface area contributed by atoms with Crippen molar-refractivity contribution in [3.8, 4) is 17.0 Å². The molecule has 29 heavy (non-hydrogen) atoms. The predicted molar refractivity (Wildman–Crippen MR) is 98.2 cm³/mol. The highest BCUT2D eigenvalue weighted by Crippen LogP contribution is 2.31. The highest BCUT2D eigenvalue weighted by Gasteiger charge is 2.32. The molecule has 0 saturated heterocycles. The summed E-state index contributed by atoms with van der Waals surface area (Å²) in [5.41, 5.74) is 0.393. The number of nitrogens with zero attached hydrogens (tertiary/aromatic N) is 3. The number of carboxylic acids is 1. The number of aryl methyl sites for hydroxylation is 1. The smallest absolute Gasteiger partial charge is 0.433 e. The maximum atomic E-state index is 12.8. The molecule has 1 aromatic carbocycles. The van der Waals surface area contributed by atoms with E-state index in [-0.39, 0.29) is 22.9 Å². The third-order valence-corrected chi connectivity index (χ3v) is 3.97. The van der Waals surface area contributed by atoms with Crippen LogP contribution in [-0.4, -0.2) is 33.1 Å². The van der Waals surface area contributed by atoms with Crippen LogP contribution in [0.5, 0.6) is 5.75 Å². The first-order valence-corrected chi connectivity index (χ1v) is 8.24. The Hall–Kier alpha value is -3.69. The standard InChI is InChI=1S/C19H15F3N4O3/c1-10-6-11(7-12(18(27)28)17(10)29-2)13-8-16(24-9-23-13)26-15-5-3-4-14(25-15)19(20,21)22/h3-9H,1-2H3,(H,27,28)(H,23,24,25,26). The molecule has 0 fully saturated rings. The Bertz CT molecular complexity index is 1070. The number of halogens is 3. The lowest BCUT2D eigenvalue weighted by atomic mass is 10.0. The molecule has 0 bridgehead atoms. The molecule has 3 rings (SSSR count). The average molecular weight is 404 g/mol. The summed E-state index contributed by atoms with van der Waals surface area (Å²) in [5.74, 6) is -0.761. The largest absolute Gasteiger partial charge is 0.496 e. The average Bonchev–Trinajstić information content (AvgIpc) is 2.67. The van der Waals surface area contributed by atoms with Crippen LogP contribution in [-0.2, 0) is 6.18 Å². The number of carbonyl (C=O) groups is 1. The fraction of sp³-hybridized carbons (Fsp3) is 0.158. The van der Waals surface area contributed by atoms with Crippen molar-refractivity contribution in [2.45, 2.75) is 13.1 Å². The topological polar surface area (TPSA) is 97.2 Å². The van der Waals surface area contributed by atoms with Crippen molar-refractivity contribution in [1.29, 1.82) is 0 Å². The van der Waals surface area contributed by atoms with Gasteiger partial charge in [-0.25, -0.2) is 19.7 Å². The van der Waals surface area contributed by atoms with Gasteiger partial charge < -0.3 is 15.2 Å². The number of benzene rings is 1. The molecule has 0 saturated carbocycles. The maximum absolute atomic E-state index is 12.8. The van der Waals surface area contributed by atoms with E-state index in [9.17, 15) is 23.1 Å². The number of rotatable bonds is 5. The Labute approximate surface area is 163 Å². The van der Waals surface area contributed by atoms with Gasteiger partial charge in [0.1, 0.15) is 35.0 Å². The van der Waals surface area contributed by atoms with Gasteiger partial charge in [0, 0.05) is 11.6 Å². The first kappa shape index (κ1) is 20.1. The number of anilines is 2. The van der Waals surface area contributed by atoms with E-state index in [4.69, 9.17) is 4.74 Å². The molecule has 2 heterocycles. The van der Waals surface area contributed by atoms with Gasteiger partial charge in [0.25, 0.3) is 0 Å². The molecular weight excluding hydrogens is 389 g/mol. The number of alkyl halides is 3. The number of methoxy groups -OCH3 is 1. The molecule has 150 valence electrons. The Morgan fingerprint density at radius 1 is 1.14 bits per heavy atom. The maximum Gasteiger partial charge on any atom is 0.433 e. The van der Waals surface area contributed by atoms with Crippen LogP contribution in [0.25, 0.3) is 11.3 Å². The predicted octanol–water partition coefficient (Wildman–Crippen LogP) is 4.32. The van der Waals surface area contributed by atoms with Gasteiger partial charge in [0.2, 0.25) is 0 Å². The third kappa shape index (κ3) is 4.42. The van der Waals surface area contributed by atoms with E-state index in [1.807, 2.05) is 0 Å². The van der Waals surface area contributed by atoms with E-state index in [1.54, 1.807) is 13.0 Å². The van der Waals surface area contributed by atoms with Crippen LogP contribution in [0.3, 0.4) is 0 Å². The molecule has 10 heteroatoms. The minimum absolute atomic E-state index is 0.0323. The minimum atomic E-state index is -4.57. The fourth-order valence-corrected chi connectivity index (χ4v) is 2.73. The fourth-order valence-electron chi connectivity index (χ4n) is 2.73. The third-order valence-electron chi connectivity index (χ3n) is 3.97. The summed E-state index contributed by atoms with van der Waals surface area (Å²) in [7, 11) is 1.38. The molecule has 0 aliphatic rings. The van der Waals surface area contributed by atoms with E-state index >= 15 is 0 Å². The number of aromatic carboxylic acids is 1. The lowest BCUT2D eigenvalue weighted by Gasteiger charge is -2.12. The molecular formula is C19H15F3N4O3. The number of hydrogen-bond acceptors (Lipinski definition) is 6. The van der Waals surface area contributed by atoms with Crippen LogP contribution >= 0.6 is 0 Å². The number of aromatic nitrogens is 3. The monoisotopic (exact) mass is 404 g/mol. The lowest BCUT2D eigenvalue weighted by Crippen LogP contribution is -2.09. The van der Waals surface area contributed by atoms with E-state index in [1.165, 1.54) is 37.7 Å². The van der Waals surface area contributed by atoms with Crippen LogP contribution in [0.15, 0.2) is 42.7 Å². The van der Waals surface area contributed by atoms with Crippen molar-refractivity contribution in [3.63, 3.8) is 0 Å². The van der Waals surface area contributed by atoms with Crippen molar-refractivity contribution in [3.05, 3.63) is 59.5 Å². The number of ether oxygens (including phenoxy) is 1. The Morgan fingerprint density at radius 2 is 1.90 bits per heavy atom. The van der Waals surface area contributed by atoms with Gasteiger partial charge in [-0.2, -0.15) is 13.2 Å². The van der Waals surface area contributed by atoms with Gasteiger partial charge in [-0.05, 0) is 36.8 Å². The van der Waals surface area contributed by atoms with E-state index in [2.05, 4.69) is 20.3 Å². The Kier molecular flexibility index (Phi) is 5.35. The van der Waals surface area contributed by atoms with Crippen molar-refractivity contribution in [2.75, 3.05) is 12.4 Å². The molecule has 0 amide bonds. The van der Waals surface area contributed by atoms with Gasteiger partial charge in [0.15, 0.2) is 0 Å². The van der Waals surface area contributed by atoms with Gasteiger partial charge in [-0.1, -0.05) is 6.07 Å². The van der Waals surface area contributed by atoms with E-state index < -0.39 is 17.8 Å². The zero-order valence-corrected chi connectivity index (χ0v) is 15.3. The molecule has 2 aromatic heterocycles. The molecule has 0 atom stereocenters. The first-order chi connectivity index (χ1) is 13.7. The van der Waals surface area contributed by atoms with Crippen LogP contribution in [0, 0.1) is 6.92 Å². The highest BCUT2D eigenvalue weighted by atomic mass is 19.4. The van der Waals surface area contributed by atoms with Crippen LogP contribution in [0.2, 0.25) is 0 Å². The lowest BCUT2D eigenvalue weighted by molar-refractivity contribution is -0.141. The molecule has 0 radical (unpaired) electrons. The number of pyridine rings is 1. The Morgan fingerprint density at radius 3 is 2.55 bits per heavy atom. The summed E-state index contributed by atoms with van der Waals surface area (Å²) in [6.07, 6.45) is -3.35. The molecule has 0 aliphatic carbocycles. The van der Waals surface area contributed by atoms with E-state index in [0.717, 1.165) is 6.07 Å². The Balaban J connectivity index is 1.96. The van der Waals surface area contributed by atoms with Crippen molar-refractivity contribution in [2.24, 2.45) is 0 Å². The summed E-state index contributed by atoms with van der Waals surface area (Å²) in [6, 6.07) is 8.05. The summed E-state index contributed by atoms with van der Waals surface area (Å²) in [6.45, 7) is 1.70. The molecule has 0 spiro atoms. The number of carboxylic acid groups (broad SMARTS) is 1. The van der Waals surface area contributed by atoms with Gasteiger partial charge in [0.05, 0.1) is 12.8 Å². The first-order valence-electron chi connectivity index (χ1n) is 8.24. The second kappa shape index (κ2) is 7.74. The molecule has 2 N–H and O–H groups in total. The van der Waals surface area contributed by atoms with Gasteiger partial charge >= 0.3 is 12.1 Å². The van der Waals surface area contributed by atoms with E-state index in [0.29, 0.717) is 16.8 Å². The van der Waals surface area contributed by atoms with Crippen LogP contribution in [0.4, 0.5) is 24.8 Å². The molecule has 7 nitrogen and oxygen atoms in total. The zero-order valence-electron chi connectivity index (χ0n) is 15.3. The second-order valence-corrected chi connectivity index (χ2v) is 6.00. The zero-order chi connectivity index (χ0) is 21.2. The minimum Gasteiger partial charge on any atom is -0.496 e. The second-order valence-electron chi connectivity index (χ2n) is 6.00. The van der Waals surface area contributed by atoms with Crippen molar-refractivity contribution in [1.82, 2.24) is 15.0 Å².